The van der Waals surface area contributed by atoms with Crippen LogP contribution < -0.4 is 9.47 Å². The van der Waals surface area contributed by atoms with Crippen LogP contribution in [0.1, 0.15) is 39.2 Å². The molecule has 2 heterocycles. The number of rotatable bonds is 13. The molecule has 0 N–H and O–H groups in total. The largest absolute Gasteiger partial charge is 0.493 e. The van der Waals surface area contributed by atoms with Crippen LogP contribution in [0.5, 0.6) is 11.5 Å². The Bertz CT molecular complexity index is 1360. The van der Waals surface area contributed by atoms with Crippen molar-refractivity contribution in [3.05, 3.63) is 85.6 Å². The number of hydrogen-bond acceptors (Lipinski definition) is 8. The zero-order chi connectivity index (χ0) is 29.4. The number of aryl methyl sites for hydroxylation is 1. The molecule has 1 aromatic heterocycles. The Labute approximate surface area is 243 Å². The third kappa shape index (κ3) is 7.83. The second-order valence-corrected chi connectivity index (χ2v) is 10.9. The quantitative estimate of drug-likeness (QED) is 0.209. The van der Waals surface area contributed by atoms with Gasteiger partial charge in [0.15, 0.2) is 11.5 Å². The highest BCUT2D eigenvalue weighted by atomic mass is 32.1. The summed E-state index contributed by atoms with van der Waals surface area (Å²) in [5.41, 5.74) is 1.48. The zero-order valence-corrected chi connectivity index (χ0v) is 24.4. The van der Waals surface area contributed by atoms with E-state index < -0.39 is 10.8 Å². The van der Waals surface area contributed by atoms with Crippen LogP contribution in [0.2, 0.25) is 0 Å². The predicted octanol–water partition coefficient (Wildman–Crippen LogP) is 4.87. The summed E-state index contributed by atoms with van der Waals surface area (Å²) in [4.78, 5) is 42.7. The average molecular weight is 582 g/mol. The number of methoxy groups -OCH3 is 2. The highest BCUT2D eigenvalue weighted by Gasteiger charge is 2.28. The number of nitro benzene ring substituents is 1. The molecule has 2 aromatic carbocycles. The molecule has 1 fully saturated rings. The highest BCUT2D eigenvalue weighted by Crippen LogP contribution is 2.28. The van der Waals surface area contributed by atoms with Crippen molar-refractivity contribution in [2.24, 2.45) is 0 Å². The van der Waals surface area contributed by atoms with Crippen LogP contribution in [0.4, 0.5) is 5.69 Å². The Morgan fingerprint density at radius 1 is 1.10 bits per heavy atom. The van der Waals surface area contributed by atoms with Crippen molar-refractivity contribution in [1.29, 1.82) is 0 Å². The number of thiophene rings is 1. The summed E-state index contributed by atoms with van der Waals surface area (Å²) in [7, 11) is 3.16. The fourth-order valence-corrected chi connectivity index (χ4v) is 5.54. The van der Waals surface area contributed by atoms with Crippen LogP contribution >= 0.6 is 11.3 Å². The molecule has 3 aromatic rings. The number of carbonyl (C=O) groups is 2. The van der Waals surface area contributed by atoms with Gasteiger partial charge >= 0.3 is 0 Å². The van der Waals surface area contributed by atoms with Crippen molar-refractivity contribution < 1.29 is 28.7 Å². The lowest BCUT2D eigenvalue weighted by atomic mass is 10.1. The molecule has 0 radical (unpaired) electrons. The molecule has 2 amide bonds. The molecule has 0 spiro atoms. The Morgan fingerprint density at radius 3 is 2.56 bits per heavy atom. The molecule has 218 valence electrons. The topological polar surface area (TPSA) is 111 Å². The standard InChI is InChI=1S/C30H35N3O7S/c1-21-8-10-23(17-26(21)33(36)37)30(35)32(18-24-6-4-14-40-24)20-29(34)31(19-25-7-5-15-41-25)13-12-22-9-11-27(38-2)28(16-22)39-3/h5,7-11,15-17,24H,4,6,12-14,18-20H2,1-3H3. The van der Waals surface area contributed by atoms with Gasteiger partial charge in [0.25, 0.3) is 11.6 Å². The van der Waals surface area contributed by atoms with Gasteiger partial charge in [0.05, 0.1) is 31.8 Å². The minimum atomic E-state index is -0.501. The maximum Gasteiger partial charge on any atom is 0.273 e. The first-order chi connectivity index (χ1) is 19.8. The van der Waals surface area contributed by atoms with Crippen LogP contribution in [0, 0.1) is 17.0 Å². The number of nitrogens with zero attached hydrogens (tertiary/aromatic N) is 3. The Hall–Kier alpha value is -3.96. The van der Waals surface area contributed by atoms with Crippen LogP contribution in [-0.4, -0.2) is 73.1 Å². The predicted molar refractivity (Wildman–Crippen MR) is 156 cm³/mol. The minimum absolute atomic E-state index is 0.131. The average Bonchev–Trinajstić information content (AvgIpc) is 3.69. The second kappa shape index (κ2) is 14.1. The molecule has 1 unspecified atom stereocenters. The van der Waals surface area contributed by atoms with Crippen molar-refractivity contribution in [2.45, 2.75) is 38.8 Å². The molecular formula is C30H35N3O7S. The van der Waals surface area contributed by atoms with Crippen LogP contribution in [0.25, 0.3) is 0 Å². The van der Waals surface area contributed by atoms with Gasteiger partial charge in [-0.2, -0.15) is 0 Å². The van der Waals surface area contributed by atoms with Crippen molar-refractivity contribution in [3.8, 4) is 11.5 Å². The van der Waals surface area contributed by atoms with E-state index in [2.05, 4.69) is 0 Å². The van der Waals surface area contributed by atoms with Gasteiger partial charge in [-0.25, -0.2) is 0 Å². The van der Waals surface area contributed by atoms with Gasteiger partial charge in [0.1, 0.15) is 6.54 Å². The molecule has 1 aliphatic heterocycles. The summed E-state index contributed by atoms with van der Waals surface area (Å²) >= 11 is 1.56. The van der Waals surface area contributed by atoms with Crippen LogP contribution in [0.15, 0.2) is 53.9 Å². The van der Waals surface area contributed by atoms with Gasteiger partial charge in [-0.05, 0) is 61.4 Å². The highest BCUT2D eigenvalue weighted by molar-refractivity contribution is 7.09. The number of carbonyl (C=O) groups excluding carboxylic acids is 2. The van der Waals surface area contributed by atoms with E-state index in [1.807, 2.05) is 35.7 Å². The summed E-state index contributed by atoms with van der Waals surface area (Å²) in [5.74, 6) is 0.587. The zero-order valence-electron chi connectivity index (χ0n) is 23.5. The summed E-state index contributed by atoms with van der Waals surface area (Å²) in [6, 6.07) is 14.0. The van der Waals surface area contributed by atoms with E-state index in [4.69, 9.17) is 14.2 Å². The Morgan fingerprint density at radius 2 is 1.90 bits per heavy atom. The Balaban J connectivity index is 1.55. The first-order valence-electron chi connectivity index (χ1n) is 13.5. The number of benzene rings is 2. The van der Waals surface area contributed by atoms with E-state index in [0.29, 0.717) is 43.2 Å². The SMILES string of the molecule is COc1ccc(CCN(Cc2cccs2)C(=O)CN(CC2CCCO2)C(=O)c2ccc(C)c([N+](=O)[O-])c2)cc1OC. The lowest BCUT2D eigenvalue weighted by Crippen LogP contribution is -2.45. The lowest BCUT2D eigenvalue weighted by Gasteiger charge is -2.29. The minimum Gasteiger partial charge on any atom is -0.493 e. The van der Waals surface area contributed by atoms with E-state index in [1.54, 1.807) is 49.5 Å². The monoisotopic (exact) mass is 581 g/mol. The second-order valence-electron chi connectivity index (χ2n) is 9.91. The lowest BCUT2D eigenvalue weighted by molar-refractivity contribution is -0.385. The maximum atomic E-state index is 13.8. The molecule has 0 bridgehead atoms. The van der Waals surface area contributed by atoms with Crippen LogP contribution in [0.3, 0.4) is 0 Å². The number of hydrogen-bond donors (Lipinski definition) is 0. The first-order valence-corrected chi connectivity index (χ1v) is 14.3. The Kier molecular flexibility index (Phi) is 10.3. The molecular weight excluding hydrogens is 546 g/mol. The van der Waals surface area contributed by atoms with Gasteiger partial charge in [-0.1, -0.05) is 18.2 Å². The third-order valence-electron chi connectivity index (χ3n) is 7.11. The molecule has 1 saturated heterocycles. The molecule has 0 saturated carbocycles. The summed E-state index contributed by atoms with van der Waals surface area (Å²) in [6.45, 7) is 3.12. The molecule has 1 atom stereocenters. The molecule has 1 aliphatic rings. The van der Waals surface area contributed by atoms with Gasteiger partial charge in [0.2, 0.25) is 5.91 Å². The summed E-state index contributed by atoms with van der Waals surface area (Å²) in [6.07, 6.45) is 2.04. The van der Waals surface area contributed by atoms with Crippen molar-refractivity contribution in [3.63, 3.8) is 0 Å². The molecule has 41 heavy (non-hydrogen) atoms. The molecule has 4 rings (SSSR count). The number of nitro groups is 1. The van der Waals surface area contributed by atoms with Gasteiger partial charge in [-0.15, -0.1) is 11.3 Å². The first kappa shape index (κ1) is 30.0. The third-order valence-corrected chi connectivity index (χ3v) is 7.97. The van der Waals surface area contributed by atoms with E-state index in [-0.39, 0.29) is 36.4 Å². The van der Waals surface area contributed by atoms with E-state index in [9.17, 15) is 19.7 Å². The normalized spacial score (nSPS) is 14.5. The smallest absolute Gasteiger partial charge is 0.273 e. The van der Waals surface area contributed by atoms with Gasteiger partial charge in [-0.3, -0.25) is 19.7 Å². The number of amides is 2. The van der Waals surface area contributed by atoms with Crippen molar-refractivity contribution >= 4 is 28.8 Å². The fraction of sp³-hybridized carbons (Fsp3) is 0.400. The van der Waals surface area contributed by atoms with Gasteiger partial charge in [0, 0.05) is 41.8 Å². The summed E-state index contributed by atoms with van der Waals surface area (Å²) in [5, 5.41) is 13.5. The fourth-order valence-electron chi connectivity index (χ4n) is 4.82. The number of ether oxygens (including phenoxy) is 3. The molecule has 11 heteroatoms. The van der Waals surface area contributed by atoms with E-state index >= 15 is 0 Å². The summed E-state index contributed by atoms with van der Waals surface area (Å²) < 4.78 is 16.5. The van der Waals surface area contributed by atoms with E-state index in [1.165, 1.54) is 11.0 Å². The van der Waals surface area contributed by atoms with Crippen molar-refractivity contribution in [2.75, 3.05) is 40.5 Å². The molecule has 10 nitrogen and oxygen atoms in total. The van der Waals surface area contributed by atoms with Crippen LogP contribution in [-0.2, 0) is 22.5 Å². The maximum absolute atomic E-state index is 13.8. The van der Waals surface area contributed by atoms with Crippen molar-refractivity contribution in [1.82, 2.24) is 9.80 Å². The van der Waals surface area contributed by atoms with E-state index in [0.717, 1.165) is 23.3 Å². The molecule has 0 aliphatic carbocycles. The van der Waals surface area contributed by atoms with Gasteiger partial charge < -0.3 is 24.0 Å².